The van der Waals surface area contributed by atoms with Gasteiger partial charge in [0.25, 0.3) is 0 Å². The molecule has 1 aliphatic rings. The van der Waals surface area contributed by atoms with Gasteiger partial charge in [-0.3, -0.25) is 0 Å². The lowest BCUT2D eigenvalue weighted by molar-refractivity contribution is 0.0692. The van der Waals surface area contributed by atoms with Gasteiger partial charge in [-0.05, 0) is 30.3 Å². The Morgan fingerprint density at radius 1 is 1.26 bits per heavy atom. The maximum Gasteiger partial charge on any atom is 0.339 e. The average Bonchev–Trinajstić information content (AvgIpc) is 2.59. The van der Waals surface area contributed by atoms with Crippen molar-refractivity contribution in [3.05, 3.63) is 64.7 Å². The van der Waals surface area contributed by atoms with Crippen LogP contribution in [0.1, 0.15) is 27.0 Å². The topological polar surface area (TPSA) is 55.8 Å². The Morgan fingerprint density at radius 3 is 2.87 bits per heavy atom. The number of rotatable bonds is 2. The number of ether oxygens (including phenoxy) is 2. The zero-order chi connectivity index (χ0) is 16.2. The van der Waals surface area contributed by atoms with E-state index in [2.05, 4.69) is 11.8 Å². The zero-order valence-electron chi connectivity index (χ0n) is 12.5. The molecule has 0 aliphatic carbocycles. The van der Waals surface area contributed by atoms with Crippen LogP contribution in [0.5, 0.6) is 11.5 Å². The molecule has 3 rings (SSSR count). The summed E-state index contributed by atoms with van der Waals surface area (Å²) in [4.78, 5) is 11.4. The van der Waals surface area contributed by atoms with Gasteiger partial charge in [-0.1, -0.05) is 30.0 Å². The number of methoxy groups -OCH3 is 1. The molecule has 0 spiro atoms. The van der Waals surface area contributed by atoms with Crippen molar-refractivity contribution in [2.45, 2.75) is 0 Å². The minimum Gasteiger partial charge on any atom is -0.495 e. The van der Waals surface area contributed by atoms with Gasteiger partial charge in [0.05, 0.1) is 12.7 Å². The SMILES string of the molecule is COc1ccccc1C#Cc1cc2c(c(C(=O)O)c1)OCC=C2. The van der Waals surface area contributed by atoms with Crippen LogP contribution in [0.25, 0.3) is 6.08 Å². The van der Waals surface area contributed by atoms with E-state index in [0.29, 0.717) is 23.7 Å². The van der Waals surface area contributed by atoms with Crippen LogP contribution in [0, 0.1) is 11.8 Å². The van der Waals surface area contributed by atoms with Gasteiger partial charge in [-0.2, -0.15) is 0 Å². The number of fused-ring (bicyclic) bond motifs is 1. The van der Waals surface area contributed by atoms with Crippen LogP contribution in [0.15, 0.2) is 42.5 Å². The second kappa shape index (κ2) is 6.29. The highest BCUT2D eigenvalue weighted by Gasteiger charge is 2.17. The lowest BCUT2D eigenvalue weighted by Gasteiger charge is -2.15. The fraction of sp³-hybridized carbons (Fsp3) is 0.105. The van der Waals surface area contributed by atoms with Crippen molar-refractivity contribution in [2.75, 3.05) is 13.7 Å². The van der Waals surface area contributed by atoms with E-state index in [9.17, 15) is 9.90 Å². The minimum atomic E-state index is -1.03. The van der Waals surface area contributed by atoms with Crippen LogP contribution < -0.4 is 9.47 Å². The lowest BCUT2D eigenvalue weighted by atomic mass is 10.0. The van der Waals surface area contributed by atoms with E-state index in [4.69, 9.17) is 9.47 Å². The molecule has 4 nitrogen and oxygen atoms in total. The predicted molar refractivity (Wildman–Crippen MR) is 86.9 cm³/mol. The van der Waals surface area contributed by atoms with Gasteiger partial charge in [0.1, 0.15) is 23.7 Å². The normalized spacial score (nSPS) is 11.7. The molecule has 0 radical (unpaired) electrons. The van der Waals surface area contributed by atoms with Gasteiger partial charge in [0.2, 0.25) is 0 Å². The summed E-state index contributed by atoms with van der Waals surface area (Å²) in [6.07, 6.45) is 3.69. The molecule has 0 amide bonds. The summed E-state index contributed by atoms with van der Waals surface area (Å²) in [5, 5.41) is 9.36. The molecule has 1 heterocycles. The molecule has 4 heteroatoms. The monoisotopic (exact) mass is 306 g/mol. The molecule has 0 bridgehead atoms. The van der Waals surface area contributed by atoms with Crippen molar-refractivity contribution >= 4 is 12.0 Å². The number of aromatic carboxylic acids is 1. The molecule has 114 valence electrons. The van der Waals surface area contributed by atoms with Gasteiger partial charge >= 0.3 is 5.97 Å². The molecule has 2 aromatic carbocycles. The Labute approximate surface area is 134 Å². The highest BCUT2D eigenvalue weighted by Crippen LogP contribution is 2.29. The van der Waals surface area contributed by atoms with Crippen LogP contribution in [-0.2, 0) is 0 Å². The summed E-state index contributed by atoms with van der Waals surface area (Å²) in [5.74, 6) is 6.06. The van der Waals surface area contributed by atoms with Crippen LogP contribution >= 0.6 is 0 Å². The number of carboxylic acids is 1. The van der Waals surface area contributed by atoms with Crippen molar-refractivity contribution < 1.29 is 19.4 Å². The molecule has 1 aliphatic heterocycles. The fourth-order valence-electron chi connectivity index (χ4n) is 2.36. The molecule has 0 atom stereocenters. The highest BCUT2D eigenvalue weighted by atomic mass is 16.5. The molecular formula is C19H14O4. The number of hydrogen-bond acceptors (Lipinski definition) is 3. The van der Waals surface area contributed by atoms with Crippen molar-refractivity contribution in [1.29, 1.82) is 0 Å². The van der Waals surface area contributed by atoms with E-state index in [1.807, 2.05) is 42.5 Å². The van der Waals surface area contributed by atoms with Gasteiger partial charge < -0.3 is 14.6 Å². The first kappa shape index (κ1) is 14.7. The smallest absolute Gasteiger partial charge is 0.339 e. The lowest BCUT2D eigenvalue weighted by Crippen LogP contribution is -2.08. The van der Waals surface area contributed by atoms with E-state index in [-0.39, 0.29) is 5.56 Å². The fourth-order valence-corrected chi connectivity index (χ4v) is 2.36. The van der Waals surface area contributed by atoms with Gasteiger partial charge in [0.15, 0.2) is 0 Å². The Balaban J connectivity index is 2.05. The first-order valence-corrected chi connectivity index (χ1v) is 7.05. The molecule has 0 unspecified atom stereocenters. The van der Waals surface area contributed by atoms with Crippen molar-refractivity contribution in [2.24, 2.45) is 0 Å². The summed E-state index contributed by atoms with van der Waals surface area (Å²) >= 11 is 0. The van der Waals surface area contributed by atoms with Crippen LogP contribution in [0.3, 0.4) is 0 Å². The van der Waals surface area contributed by atoms with E-state index in [1.54, 1.807) is 7.11 Å². The van der Waals surface area contributed by atoms with E-state index in [0.717, 1.165) is 11.1 Å². The van der Waals surface area contributed by atoms with Crippen molar-refractivity contribution in [3.8, 4) is 23.3 Å². The summed E-state index contributed by atoms with van der Waals surface area (Å²) in [5.41, 5.74) is 2.20. The molecule has 0 fully saturated rings. The van der Waals surface area contributed by atoms with Gasteiger partial charge in [-0.25, -0.2) is 4.79 Å². The number of carbonyl (C=O) groups is 1. The summed E-state index contributed by atoms with van der Waals surface area (Å²) in [6.45, 7) is 0.375. The second-order valence-corrected chi connectivity index (χ2v) is 4.91. The third-order valence-electron chi connectivity index (χ3n) is 3.42. The zero-order valence-corrected chi connectivity index (χ0v) is 12.5. The second-order valence-electron chi connectivity index (χ2n) is 4.91. The van der Waals surface area contributed by atoms with Gasteiger partial charge in [0, 0.05) is 11.1 Å². The third kappa shape index (κ3) is 3.04. The minimum absolute atomic E-state index is 0.121. The number of hydrogen-bond donors (Lipinski definition) is 1. The average molecular weight is 306 g/mol. The van der Waals surface area contributed by atoms with Crippen LogP contribution in [0.4, 0.5) is 0 Å². The Kier molecular flexibility index (Phi) is 4.03. The molecule has 0 saturated heterocycles. The first-order valence-electron chi connectivity index (χ1n) is 7.05. The predicted octanol–water partition coefficient (Wildman–Crippen LogP) is 3.20. The van der Waals surface area contributed by atoms with Crippen LogP contribution in [0.2, 0.25) is 0 Å². The molecule has 1 N–H and O–H groups in total. The van der Waals surface area contributed by atoms with Crippen molar-refractivity contribution in [1.82, 2.24) is 0 Å². The molecule has 23 heavy (non-hydrogen) atoms. The number of carboxylic acid groups (broad SMARTS) is 1. The third-order valence-corrected chi connectivity index (χ3v) is 3.42. The molecule has 0 saturated carbocycles. The van der Waals surface area contributed by atoms with E-state index < -0.39 is 5.97 Å². The van der Waals surface area contributed by atoms with Crippen molar-refractivity contribution in [3.63, 3.8) is 0 Å². The van der Waals surface area contributed by atoms with E-state index >= 15 is 0 Å². The highest BCUT2D eigenvalue weighted by molar-refractivity contribution is 5.93. The Bertz CT molecular complexity index is 853. The number of para-hydroxylation sites is 1. The standard InChI is InChI=1S/C19H14O4/c1-22-17-7-3-2-5-14(17)9-8-13-11-15-6-4-10-23-18(15)16(12-13)19(20)21/h2-7,11-12H,10H2,1H3,(H,20,21). The molecular weight excluding hydrogens is 292 g/mol. The Hall–Kier alpha value is -3.19. The molecule has 0 aromatic heterocycles. The molecule has 2 aromatic rings. The maximum atomic E-state index is 11.4. The largest absolute Gasteiger partial charge is 0.495 e. The Morgan fingerprint density at radius 2 is 2.09 bits per heavy atom. The summed E-state index contributed by atoms with van der Waals surface area (Å²) in [6, 6.07) is 10.8. The quantitative estimate of drug-likeness (QED) is 0.866. The summed E-state index contributed by atoms with van der Waals surface area (Å²) < 4.78 is 10.7. The first-order chi connectivity index (χ1) is 11.2. The maximum absolute atomic E-state index is 11.4. The summed E-state index contributed by atoms with van der Waals surface area (Å²) in [7, 11) is 1.59. The van der Waals surface area contributed by atoms with Crippen LogP contribution in [-0.4, -0.2) is 24.8 Å². The van der Waals surface area contributed by atoms with E-state index in [1.165, 1.54) is 6.07 Å². The number of benzene rings is 2. The van der Waals surface area contributed by atoms with Gasteiger partial charge in [-0.15, -0.1) is 0 Å².